The summed E-state index contributed by atoms with van der Waals surface area (Å²) in [4.78, 5) is 8.97. The van der Waals surface area contributed by atoms with Crippen LogP contribution >= 0.6 is 0 Å². The van der Waals surface area contributed by atoms with Gasteiger partial charge in [-0.2, -0.15) is 17.0 Å². The van der Waals surface area contributed by atoms with Crippen molar-refractivity contribution in [1.82, 2.24) is 18.6 Å². The molecule has 0 aromatic carbocycles. The molecule has 4 heterocycles. The fourth-order valence-electron chi connectivity index (χ4n) is 3.65. The second-order valence-corrected chi connectivity index (χ2v) is 8.93. The molecular weight excluding hydrogens is 378 g/mol. The molecule has 2 aromatic heterocycles. The lowest BCUT2D eigenvalue weighted by Crippen LogP contribution is -2.51. The maximum absolute atomic E-state index is 13.0. The number of ether oxygens (including phenoxy) is 1. The van der Waals surface area contributed by atoms with E-state index in [1.165, 1.54) is 4.31 Å². The van der Waals surface area contributed by atoms with Gasteiger partial charge in [-0.15, -0.1) is 0 Å². The average molecular weight is 404 g/mol. The van der Waals surface area contributed by atoms with E-state index in [9.17, 15) is 8.42 Å². The topological polar surface area (TPSA) is 87.7 Å². The van der Waals surface area contributed by atoms with E-state index in [4.69, 9.17) is 9.72 Å². The first-order valence-corrected chi connectivity index (χ1v) is 11.0. The number of hydrogen-bond acceptors (Lipinski definition) is 6. The minimum Gasteiger partial charge on any atom is -0.379 e. The fraction of sp³-hybridized carbons (Fsp3) is 0.474. The van der Waals surface area contributed by atoms with Crippen LogP contribution in [0.3, 0.4) is 0 Å². The minimum atomic E-state index is -3.45. The third-order valence-corrected chi connectivity index (χ3v) is 7.12. The SMILES string of the molecule is O=S(=O)(N1CCOCC1)N1CCCC(c2cccc(Nc3ccccn3)n2)C1. The Labute approximate surface area is 165 Å². The summed E-state index contributed by atoms with van der Waals surface area (Å²) in [5, 5.41) is 3.20. The Hall–Kier alpha value is -2.07. The molecule has 1 atom stereocenters. The van der Waals surface area contributed by atoms with Crippen molar-refractivity contribution in [3.8, 4) is 0 Å². The zero-order chi connectivity index (χ0) is 19.4. The molecule has 1 N–H and O–H groups in total. The molecule has 0 aliphatic carbocycles. The highest BCUT2D eigenvalue weighted by Gasteiger charge is 2.35. The zero-order valence-electron chi connectivity index (χ0n) is 15.7. The molecule has 0 radical (unpaired) electrons. The van der Waals surface area contributed by atoms with E-state index in [0.717, 1.165) is 24.4 Å². The molecule has 2 aliphatic heterocycles. The van der Waals surface area contributed by atoms with Gasteiger partial charge in [0.25, 0.3) is 10.2 Å². The Morgan fingerprint density at radius 3 is 2.61 bits per heavy atom. The summed E-state index contributed by atoms with van der Waals surface area (Å²) in [7, 11) is -3.45. The van der Waals surface area contributed by atoms with E-state index in [1.807, 2.05) is 36.4 Å². The van der Waals surface area contributed by atoms with Crippen LogP contribution in [0.25, 0.3) is 0 Å². The number of nitrogens with one attached hydrogen (secondary N) is 1. The summed E-state index contributed by atoms with van der Waals surface area (Å²) in [6.45, 7) is 2.77. The molecule has 2 aromatic rings. The summed E-state index contributed by atoms with van der Waals surface area (Å²) in [6.07, 6.45) is 3.48. The standard InChI is InChI=1S/C19H25N5O3S/c25-28(26,23-11-13-27-14-12-23)24-10-4-5-16(15-24)17-6-3-8-19(21-17)22-18-7-1-2-9-20-18/h1-3,6-9,16H,4-5,10-15H2,(H,20,21,22). The van der Waals surface area contributed by atoms with E-state index in [2.05, 4.69) is 10.3 Å². The summed E-state index contributed by atoms with van der Waals surface area (Å²) in [6, 6.07) is 11.5. The second-order valence-electron chi connectivity index (χ2n) is 7.00. The molecule has 2 aliphatic rings. The number of piperidine rings is 1. The second kappa shape index (κ2) is 8.52. The molecule has 0 saturated carbocycles. The quantitative estimate of drug-likeness (QED) is 0.821. The Kier molecular flexibility index (Phi) is 5.86. The number of anilines is 2. The maximum atomic E-state index is 13.0. The Bertz CT molecular complexity index is 887. The van der Waals surface area contributed by atoms with Crippen LogP contribution in [0, 0.1) is 0 Å². The van der Waals surface area contributed by atoms with Crippen molar-refractivity contribution >= 4 is 21.8 Å². The minimum absolute atomic E-state index is 0.0787. The summed E-state index contributed by atoms with van der Waals surface area (Å²) < 4.78 is 34.4. The van der Waals surface area contributed by atoms with Gasteiger partial charge < -0.3 is 10.1 Å². The van der Waals surface area contributed by atoms with Crippen molar-refractivity contribution in [3.05, 3.63) is 48.3 Å². The van der Waals surface area contributed by atoms with Gasteiger partial charge in [-0.25, -0.2) is 9.97 Å². The molecule has 0 amide bonds. The normalized spacial score (nSPS) is 22.1. The summed E-state index contributed by atoms with van der Waals surface area (Å²) >= 11 is 0. The first kappa shape index (κ1) is 19.3. The van der Waals surface area contributed by atoms with Crippen LogP contribution in [0.4, 0.5) is 11.6 Å². The Balaban J connectivity index is 1.48. The zero-order valence-corrected chi connectivity index (χ0v) is 16.5. The molecular formula is C19H25N5O3S. The van der Waals surface area contributed by atoms with E-state index in [1.54, 1.807) is 10.5 Å². The highest BCUT2D eigenvalue weighted by atomic mass is 32.2. The molecule has 0 bridgehead atoms. The number of rotatable bonds is 5. The maximum Gasteiger partial charge on any atom is 0.282 e. The van der Waals surface area contributed by atoms with Crippen LogP contribution in [-0.2, 0) is 14.9 Å². The van der Waals surface area contributed by atoms with Gasteiger partial charge in [0.05, 0.1) is 13.2 Å². The van der Waals surface area contributed by atoms with Crippen LogP contribution < -0.4 is 5.32 Å². The van der Waals surface area contributed by atoms with E-state index >= 15 is 0 Å². The van der Waals surface area contributed by atoms with Crippen LogP contribution in [0.1, 0.15) is 24.5 Å². The molecule has 4 rings (SSSR count). The van der Waals surface area contributed by atoms with Crippen LogP contribution in [-0.4, -0.2) is 66.4 Å². The van der Waals surface area contributed by atoms with Crippen molar-refractivity contribution in [1.29, 1.82) is 0 Å². The Morgan fingerprint density at radius 2 is 1.82 bits per heavy atom. The lowest BCUT2D eigenvalue weighted by Gasteiger charge is -2.36. The van der Waals surface area contributed by atoms with Gasteiger partial charge in [-0.1, -0.05) is 12.1 Å². The summed E-state index contributed by atoms with van der Waals surface area (Å²) in [5.41, 5.74) is 0.905. The molecule has 2 fully saturated rings. The molecule has 28 heavy (non-hydrogen) atoms. The molecule has 8 nitrogen and oxygen atoms in total. The smallest absolute Gasteiger partial charge is 0.282 e. The van der Waals surface area contributed by atoms with Crippen LogP contribution in [0.5, 0.6) is 0 Å². The first-order chi connectivity index (χ1) is 13.6. The van der Waals surface area contributed by atoms with Gasteiger partial charge in [-0.3, -0.25) is 0 Å². The number of hydrogen-bond donors (Lipinski definition) is 1. The van der Waals surface area contributed by atoms with Crippen LogP contribution in [0.15, 0.2) is 42.6 Å². The number of nitrogens with zero attached hydrogens (tertiary/aromatic N) is 4. The van der Waals surface area contributed by atoms with Crippen molar-refractivity contribution in [3.63, 3.8) is 0 Å². The first-order valence-electron chi connectivity index (χ1n) is 9.61. The number of morpholine rings is 1. The largest absolute Gasteiger partial charge is 0.379 e. The lowest BCUT2D eigenvalue weighted by atomic mass is 9.95. The third-order valence-electron chi connectivity index (χ3n) is 5.12. The van der Waals surface area contributed by atoms with Gasteiger partial charge in [-0.05, 0) is 37.1 Å². The average Bonchev–Trinajstić information content (AvgIpc) is 2.75. The van der Waals surface area contributed by atoms with E-state index in [0.29, 0.717) is 45.2 Å². The molecule has 0 spiro atoms. The van der Waals surface area contributed by atoms with Crippen molar-refractivity contribution in [2.24, 2.45) is 0 Å². The predicted molar refractivity (Wildman–Crippen MR) is 107 cm³/mol. The summed E-state index contributed by atoms with van der Waals surface area (Å²) in [5.74, 6) is 1.52. The van der Waals surface area contributed by atoms with Gasteiger partial charge in [0.2, 0.25) is 0 Å². The third kappa shape index (κ3) is 4.33. The fourth-order valence-corrected chi connectivity index (χ4v) is 5.32. The van der Waals surface area contributed by atoms with Gasteiger partial charge in [0, 0.05) is 44.0 Å². The Morgan fingerprint density at radius 1 is 1.00 bits per heavy atom. The van der Waals surface area contributed by atoms with Crippen LogP contribution in [0.2, 0.25) is 0 Å². The predicted octanol–water partition coefficient (Wildman–Crippen LogP) is 1.98. The number of pyridine rings is 2. The van der Waals surface area contributed by atoms with Gasteiger partial charge in [0.15, 0.2) is 0 Å². The van der Waals surface area contributed by atoms with Crippen molar-refractivity contribution in [2.45, 2.75) is 18.8 Å². The molecule has 1 unspecified atom stereocenters. The lowest BCUT2D eigenvalue weighted by molar-refractivity contribution is 0.0695. The molecule has 2 saturated heterocycles. The number of aromatic nitrogens is 2. The van der Waals surface area contributed by atoms with E-state index in [-0.39, 0.29) is 5.92 Å². The van der Waals surface area contributed by atoms with Crippen molar-refractivity contribution < 1.29 is 13.2 Å². The monoisotopic (exact) mass is 403 g/mol. The van der Waals surface area contributed by atoms with Crippen molar-refractivity contribution in [2.75, 3.05) is 44.7 Å². The van der Waals surface area contributed by atoms with Gasteiger partial charge >= 0.3 is 0 Å². The molecule has 150 valence electrons. The highest BCUT2D eigenvalue weighted by molar-refractivity contribution is 7.86. The molecule has 9 heteroatoms. The highest BCUT2D eigenvalue weighted by Crippen LogP contribution is 2.29. The van der Waals surface area contributed by atoms with Gasteiger partial charge in [0.1, 0.15) is 11.6 Å². The van der Waals surface area contributed by atoms with E-state index < -0.39 is 10.2 Å².